The molecule has 0 aliphatic carbocycles. The number of benzene rings is 3. The molecule has 3 aromatic rings. The second kappa shape index (κ2) is 8.90. The summed E-state index contributed by atoms with van der Waals surface area (Å²) in [5.74, 6) is -1.34. The minimum Gasteiger partial charge on any atom is -0.505 e. The zero-order valence-electron chi connectivity index (χ0n) is 16.9. The van der Waals surface area contributed by atoms with Crippen LogP contribution in [0.25, 0.3) is 10.8 Å². The Balaban J connectivity index is 2.18. The van der Waals surface area contributed by atoms with Crippen molar-refractivity contribution in [1.29, 1.82) is 0 Å². The molecule has 13 nitrogen and oxygen atoms in total. The molecule has 0 radical (unpaired) electrons. The first kappa shape index (κ1) is 25.5. The highest BCUT2D eigenvalue weighted by atomic mass is 32.2. The first-order valence-electron chi connectivity index (χ1n) is 9.05. The molecular weight excluding hydrogens is 514 g/mol. The standard InChI is InChI=1S/C18H17N3O10S3/c19-14-9-13(33(26,27)28)7-10-8-15(34(29,30)31)17(18(23)16(10)14)21-20-11-1-3-12(4-2-11)32(24,25)6-5-22/h1-4,7-9,22-23H,5-6,19H2,(H,26,27,28)(H,29,30,31). The number of aliphatic hydroxyl groups is 1. The second-order valence-corrected chi connectivity index (χ2v) is 11.8. The van der Waals surface area contributed by atoms with Crippen molar-refractivity contribution in [1.82, 2.24) is 0 Å². The Kier molecular flexibility index (Phi) is 6.66. The number of azo groups is 1. The number of fused-ring (bicyclic) bond motifs is 1. The van der Waals surface area contributed by atoms with E-state index >= 15 is 0 Å². The van der Waals surface area contributed by atoms with Crippen molar-refractivity contribution in [2.75, 3.05) is 18.1 Å². The SMILES string of the molecule is Nc1cc(S(=O)(=O)O)cc2cc(S(=O)(=O)O)c(N=Nc3ccc(S(=O)(=O)CCO)cc3)c(O)c12. The maximum absolute atomic E-state index is 12.0. The van der Waals surface area contributed by atoms with E-state index in [1.807, 2.05) is 0 Å². The van der Waals surface area contributed by atoms with Crippen LogP contribution < -0.4 is 5.73 Å². The van der Waals surface area contributed by atoms with Gasteiger partial charge in [0.05, 0.1) is 27.8 Å². The minimum atomic E-state index is -5.01. The first-order valence-corrected chi connectivity index (χ1v) is 13.6. The molecule has 0 amide bonds. The van der Waals surface area contributed by atoms with Crippen molar-refractivity contribution in [2.24, 2.45) is 10.2 Å². The number of aliphatic hydroxyl groups excluding tert-OH is 1. The molecule has 0 fully saturated rings. The Bertz CT molecular complexity index is 1630. The van der Waals surface area contributed by atoms with Crippen LogP contribution >= 0.6 is 0 Å². The van der Waals surface area contributed by atoms with Crippen molar-refractivity contribution in [2.45, 2.75) is 14.7 Å². The Hall–Kier alpha value is -3.15. The number of phenols is 1. The van der Waals surface area contributed by atoms with Gasteiger partial charge in [-0.2, -0.15) is 21.9 Å². The lowest BCUT2D eigenvalue weighted by Gasteiger charge is -2.12. The van der Waals surface area contributed by atoms with Gasteiger partial charge in [-0.1, -0.05) is 0 Å². The summed E-state index contributed by atoms with van der Waals surface area (Å²) in [6.07, 6.45) is 0. The summed E-state index contributed by atoms with van der Waals surface area (Å²) in [6, 6.07) is 7.26. The normalized spacial score (nSPS) is 13.0. The summed E-state index contributed by atoms with van der Waals surface area (Å²) >= 11 is 0. The van der Waals surface area contributed by atoms with E-state index in [-0.39, 0.29) is 27.0 Å². The Morgan fingerprint density at radius 2 is 1.44 bits per heavy atom. The zero-order chi connectivity index (χ0) is 25.5. The molecule has 182 valence electrons. The van der Waals surface area contributed by atoms with Crippen LogP contribution in [0, 0.1) is 0 Å². The highest BCUT2D eigenvalue weighted by Gasteiger charge is 2.24. The third kappa shape index (κ3) is 5.16. The van der Waals surface area contributed by atoms with E-state index in [0.717, 1.165) is 18.2 Å². The van der Waals surface area contributed by atoms with Gasteiger partial charge in [0.15, 0.2) is 15.6 Å². The fourth-order valence-corrected chi connectivity index (χ4v) is 5.24. The number of rotatable bonds is 7. The molecule has 0 atom stereocenters. The Morgan fingerprint density at radius 3 is 1.97 bits per heavy atom. The number of nitrogen functional groups attached to an aromatic ring is 1. The smallest absolute Gasteiger partial charge is 0.296 e. The average Bonchev–Trinajstić information content (AvgIpc) is 2.71. The number of nitrogens with zero attached hydrogens (tertiary/aromatic N) is 2. The first-order chi connectivity index (χ1) is 15.6. The van der Waals surface area contributed by atoms with Crippen LogP contribution in [0.3, 0.4) is 0 Å². The van der Waals surface area contributed by atoms with Gasteiger partial charge in [-0.15, -0.1) is 5.11 Å². The highest BCUT2D eigenvalue weighted by molar-refractivity contribution is 7.91. The summed E-state index contributed by atoms with van der Waals surface area (Å²) < 4.78 is 89.4. The topological polar surface area (TPSA) is 234 Å². The molecule has 0 aliphatic heterocycles. The molecule has 0 unspecified atom stereocenters. The predicted molar refractivity (Wildman–Crippen MR) is 119 cm³/mol. The number of anilines is 1. The number of sulfone groups is 1. The Labute approximate surface area is 193 Å². The van der Waals surface area contributed by atoms with Crippen LogP contribution in [0.15, 0.2) is 67.4 Å². The molecule has 3 rings (SSSR count). The minimum absolute atomic E-state index is 0.0402. The van der Waals surface area contributed by atoms with E-state index in [0.29, 0.717) is 0 Å². The van der Waals surface area contributed by atoms with Crippen LogP contribution in [0.5, 0.6) is 5.75 Å². The van der Waals surface area contributed by atoms with E-state index in [4.69, 9.17) is 10.8 Å². The van der Waals surface area contributed by atoms with Gasteiger partial charge in [-0.25, -0.2) is 8.42 Å². The van der Waals surface area contributed by atoms with E-state index in [9.17, 15) is 39.5 Å². The molecule has 0 spiro atoms. The van der Waals surface area contributed by atoms with Crippen LogP contribution in [0.2, 0.25) is 0 Å². The lowest BCUT2D eigenvalue weighted by atomic mass is 10.1. The summed E-state index contributed by atoms with van der Waals surface area (Å²) in [6.45, 7) is -0.571. The lowest BCUT2D eigenvalue weighted by Crippen LogP contribution is -2.09. The van der Waals surface area contributed by atoms with Gasteiger partial charge in [0.25, 0.3) is 20.2 Å². The molecule has 0 saturated carbocycles. The monoisotopic (exact) mass is 531 g/mol. The molecule has 3 aromatic carbocycles. The zero-order valence-corrected chi connectivity index (χ0v) is 19.3. The summed E-state index contributed by atoms with van der Waals surface area (Å²) in [5, 5.41) is 26.4. The van der Waals surface area contributed by atoms with E-state index < -0.39 is 63.7 Å². The maximum atomic E-state index is 12.0. The van der Waals surface area contributed by atoms with Crippen LogP contribution in [0.4, 0.5) is 17.1 Å². The van der Waals surface area contributed by atoms with Gasteiger partial charge in [-0.05, 0) is 47.9 Å². The second-order valence-electron chi connectivity index (χ2n) is 6.87. The molecule has 0 saturated heterocycles. The van der Waals surface area contributed by atoms with Crippen LogP contribution in [-0.4, -0.2) is 56.9 Å². The number of phenolic OH excluding ortho intramolecular Hbond substituents is 1. The number of hydrogen-bond donors (Lipinski definition) is 5. The molecule has 0 aliphatic rings. The van der Waals surface area contributed by atoms with Gasteiger partial charge < -0.3 is 15.9 Å². The number of hydrogen-bond acceptors (Lipinski definition) is 11. The van der Waals surface area contributed by atoms with Crippen molar-refractivity contribution in [3.8, 4) is 5.75 Å². The largest absolute Gasteiger partial charge is 0.505 e. The molecule has 0 aromatic heterocycles. The Morgan fingerprint density at radius 1 is 0.824 bits per heavy atom. The van der Waals surface area contributed by atoms with Crippen LogP contribution in [-0.2, 0) is 30.1 Å². The summed E-state index contributed by atoms with van der Waals surface area (Å²) in [4.78, 5) is -1.71. The van der Waals surface area contributed by atoms with Crippen molar-refractivity contribution in [3.63, 3.8) is 0 Å². The summed E-state index contributed by atoms with van der Waals surface area (Å²) in [7, 11) is -13.5. The fourth-order valence-electron chi connectivity index (χ4n) is 3.00. The summed E-state index contributed by atoms with van der Waals surface area (Å²) in [5.41, 5.74) is 4.75. The van der Waals surface area contributed by atoms with E-state index in [2.05, 4.69) is 10.2 Å². The third-order valence-electron chi connectivity index (χ3n) is 4.55. The molecule has 16 heteroatoms. The van der Waals surface area contributed by atoms with E-state index in [1.54, 1.807) is 0 Å². The number of nitrogens with two attached hydrogens (primary N) is 1. The molecule has 0 heterocycles. The van der Waals surface area contributed by atoms with Crippen LogP contribution in [0.1, 0.15) is 0 Å². The number of aromatic hydroxyl groups is 1. The van der Waals surface area contributed by atoms with Crippen molar-refractivity contribution in [3.05, 3.63) is 42.5 Å². The lowest BCUT2D eigenvalue weighted by molar-refractivity contribution is 0.319. The molecule has 6 N–H and O–H groups in total. The van der Waals surface area contributed by atoms with Crippen molar-refractivity contribution < 1.29 is 44.6 Å². The maximum Gasteiger partial charge on any atom is 0.296 e. The quantitative estimate of drug-likeness (QED) is 0.167. The molecule has 0 bridgehead atoms. The predicted octanol–water partition coefficient (Wildman–Crippen LogP) is 1.80. The molecule has 34 heavy (non-hydrogen) atoms. The van der Waals surface area contributed by atoms with E-state index in [1.165, 1.54) is 24.3 Å². The van der Waals surface area contributed by atoms with Gasteiger partial charge in [-0.3, -0.25) is 9.11 Å². The van der Waals surface area contributed by atoms with Gasteiger partial charge in [0, 0.05) is 11.1 Å². The average molecular weight is 532 g/mol. The highest BCUT2D eigenvalue weighted by Crippen LogP contribution is 2.44. The molecular formula is C18H17N3O10S3. The van der Waals surface area contributed by atoms with Crippen molar-refractivity contribution >= 4 is 57.9 Å². The van der Waals surface area contributed by atoms with Gasteiger partial charge in [0.1, 0.15) is 10.6 Å². The fraction of sp³-hybridized carbons (Fsp3) is 0.111. The third-order valence-corrected chi connectivity index (χ3v) is 7.96. The van der Waals surface area contributed by atoms with Gasteiger partial charge >= 0.3 is 0 Å². The van der Waals surface area contributed by atoms with Gasteiger partial charge in [0.2, 0.25) is 0 Å².